The zero-order chi connectivity index (χ0) is 26.0. The van der Waals surface area contributed by atoms with Crippen LogP contribution < -0.4 is 8.37 Å². The molecule has 0 radical (unpaired) electrons. The van der Waals surface area contributed by atoms with Crippen molar-refractivity contribution in [1.82, 2.24) is 0 Å². The molecule has 9 heteroatoms. The fourth-order valence-electron chi connectivity index (χ4n) is 3.77. The van der Waals surface area contributed by atoms with Gasteiger partial charge in [-0.2, -0.15) is 16.8 Å². The Bertz CT molecular complexity index is 1290. The van der Waals surface area contributed by atoms with Gasteiger partial charge in [-0.15, -0.1) is 11.3 Å². The lowest BCUT2D eigenvalue weighted by Crippen LogP contribution is -2.13. The predicted octanol–water partition coefficient (Wildman–Crippen LogP) is 7.14. The highest BCUT2D eigenvalue weighted by Crippen LogP contribution is 2.36. The molecule has 0 aliphatic carbocycles. The van der Waals surface area contributed by atoms with Gasteiger partial charge < -0.3 is 8.37 Å². The first-order chi connectivity index (χ1) is 17.2. The van der Waals surface area contributed by atoms with Gasteiger partial charge in [-0.1, -0.05) is 76.6 Å². The normalized spacial score (nSPS) is 11.9. The molecule has 36 heavy (non-hydrogen) atoms. The fraction of sp³-hybridized carbons (Fsp3) is 0.407. The molecule has 3 aromatic rings. The molecule has 0 N–H and O–H groups in total. The minimum Gasteiger partial charge on any atom is -0.374 e. The maximum Gasteiger partial charge on any atom is 0.339 e. The van der Waals surface area contributed by atoms with E-state index >= 15 is 0 Å². The fourth-order valence-corrected chi connectivity index (χ4v) is 6.40. The monoisotopic (exact) mass is 550 g/mol. The average Bonchev–Trinajstić information content (AvgIpc) is 3.27. The van der Waals surface area contributed by atoms with E-state index in [1.54, 1.807) is 24.3 Å². The van der Waals surface area contributed by atoms with Crippen molar-refractivity contribution in [3.63, 3.8) is 0 Å². The molecule has 0 aliphatic rings. The van der Waals surface area contributed by atoms with Crippen molar-refractivity contribution in [1.29, 1.82) is 0 Å². The molecule has 1 heterocycles. The lowest BCUT2D eigenvalue weighted by Gasteiger charge is -2.10. The molecule has 0 unspecified atom stereocenters. The van der Waals surface area contributed by atoms with Gasteiger partial charge in [0.2, 0.25) is 0 Å². The first-order valence-corrected chi connectivity index (χ1v) is 16.1. The van der Waals surface area contributed by atoms with Crippen molar-refractivity contribution in [3.8, 4) is 11.5 Å². The van der Waals surface area contributed by atoms with Crippen LogP contribution >= 0.6 is 11.3 Å². The summed E-state index contributed by atoms with van der Waals surface area (Å²) in [5.74, 6) is -0.330. The van der Waals surface area contributed by atoms with Crippen molar-refractivity contribution in [2.45, 2.75) is 81.4 Å². The van der Waals surface area contributed by atoms with Gasteiger partial charge >= 0.3 is 20.2 Å². The minimum atomic E-state index is -4.16. The van der Waals surface area contributed by atoms with Crippen molar-refractivity contribution >= 4 is 31.6 Å². The van der Waals surface area contributed by atoms with E-state index in [9.17, 15) is 16.8 Å². The molecular formula is C27H34O6S3. The Morgan fingerprint density at radius 3 is 1.50 bits per heavy atom. The zero-order valence-corrected chi connectivity index (χ0v) is 23.3. The molecule has 2 aromatic carbocycles. The quantitative estimate of drug-likeness (QED) is 0.148. The lowest BCUT2D eigenvalue weighted by molar-refractivity contribution is 0.451. The number of unbranched alkanes of at least 4 members (excludes halogenated alkanes) is 5. The largest absolute Gasteiger partial charge is 0.374 e. The van der Waals surface area contributed by atoms with E-state index in [2.05, 4.69) is 6.92 Å². The van der Waals surface area contributed by atoms with E-state index in [1.807, 2.05) is 6.92 Å². The molecule has 0 bridgehead atoms. The van der Waals surface area contributed by atoms with Gasteiger partial charge in [0.25, 0.3) is 0 Å². The highest BCUT2D eigenvalue weighted by atomic mass is 32.2. The van der Waals surface area contributed by atoms with Crippen LogP contribution in [0, 0.1) is 0 Å². The predicted molar refractivity (Wildman–Crippen MR) is 144 cm³/mol. The van der Waals surface area contributed by atoms with Gasteiger partial charge in [0, 0.05) is 10.8 Å². The molecule has 0 saturated heterocycles. The first-order valence-electron chi connectivity index (χ1n) is 12.4. The van der Waals surface area contributed by atoms with Gasteiger partial charge in [-0.05, 0) is 54.7 Å². The summed E-state index contributed by atoms with van der Waals surface area (Å²) in [6, 6.07) is 13.1. The van der Waals surface area contributed by atoms with Crippen LogP contribution in [0.1, 0.15) is 69.9 Å². The zero-order valence-electron chi connectivity index (χ0n) is 20.8. The van der Waals surface area contributed by atoms with Crippen molar-refractivity contribution in [2.75, 3.05) is 0 Å². The molecule has 0 atom stereocenters. The highest BCUT2D eigenvalue weighted by molar-refractivity contribution is 7.87. The first kappa shape index (κ1) is 28.2. The van der Waals surface area contributed by atoms with E-state index < -0.39 is 20.2 Å². The van der Waals surface area contributed by atoms with E-state index in [1.165, 1.54) is 60.7 Å². The summed E-state index contributed by atoms with van der Waals surface area (Å²) in [5.41, 5.74) is 2.10. The van der Waals surface area contributed by atoms with Crippen LogP contribution in [0.4, 0.5) is 0 Å². The highest BCUT2D eigenvalue weighted by Gasteiger charge is 2.24. The molecule has 0 aliphatic heterocycles. The third-order valence-electron chi connectivity index (χ3n) is 5.77. The summed E-state index contributed by atoms with van der Waals surface area (Å²) in [7, 11) is -8.31. The molecule has 0 fully saturated rings. The summed E-state index contributed by atoms with van der Waals surface area (Å²) < 4.78 is 61.6. The van der Waals surface area contributed by atoms with Gasteiger partial charge in [-0.3, -0.25) is 0 Å². The second-order valence-electron chi connectivity index (χ2n) is 8.73. The van der Waals surface area contributed by atoms with Crippen LogP contribution in [-0.2, 0) is 33.1 Å². The van der Waals surface area contributed by atoms with E-state index in [4.69, 9.17) is 8.37 Å². The molecular weight excluding hydrogens is 516 g/mol. The van der Waals surface area contributed by atoms with Gasteiger partial charge in [0.05, 0.1) is 0 Å². The molecule has 1 aromatic heterocycles. The lowest BCUT2D eigenvalue weighted by atomic mass is 10.1. The van der Waals surface area contributed by atoms with E-state index in [-0.39, 0.29) is 21.3 Å². The second-order valence-corrected chi connectivity index (χ2v) is 12.6. The maximum atomic E-state index is 12.8. The minimum absolute atomic E-state index is 0.000663. The Morgan fingerprint density at radius 1 is 0.583 bits per heavy atom. The van der Waals surface area contributed by atoms with Crippen molar-refractivity contribution < 1.29 is 25.2 Å². The van der Waals surface area contributed by atoms with E-state index in [0.717, 1.165) is 54.6 Å². The summed E-state index contributed by atoms with van der Waals surface area (Å²) in [5, 5.41) is 2.80. The Morgan fingerprint density at radius 2 is 1.03 bits per heavy atom. The summed E-state index contributed by atoms with van der Waals surface area (Å²) in [4.78, 5) is -0.0102. The van der Waals surface area contributed by atoms with Crippen LogP contribution in [0.5, 0.6) is 11.5 Å². The van der Waals surface area contributed by atoms with Crippen molar-refractivity contribution in [2.24, 2.45) is 0 Å². The van der Waals surface area contributed by atoms with Gasteiger partial charge in [0.1, 0.15) is 9.79 Å². The summed E-state index contributed by atoms with van der Waals surface area (Å²) in [6.07, 6.45) is 9.89. The number of thiophene rings is 1. The summed E-state index contributed by atoms with van der Waals surface area (Å²) in [6.45, 7) is 4.24. The molecule has 196 valence electrons. The molecule has 6 nitrogen and oxygen atoms in total. The van der Waals surface area contributed by atoms with Crippen LogP contribution in [0.3, 0.4) is 0 Å². The third kappa shape index (κ3) is 8.08. The molecule has 0 spiro atoms. The van der Waals surface area contributed by atoms with Crippen LogP contribution in [0.2, 0.25) is 0 Å². The van der Waals surface area contributed by atoms with Crippen LogP contribution in [0.25, 0.3) is 0 Å². The number of hydrogen-bond acceptors (Lipinski definition) is 7. The standard InChI is InChI=1S/C27H34O6S3/c1-3-5-6-7-8-9-11-23-14-18-25(19-15-23)36(30,31)33-27-21-34-20-26(27)32-35(28,29)24-16-12-22(10-4-2)13-17-24/h12-21H,3-11H2,1-2H3. The second kappa shape index (κ2) is 13.3. The summed E-state index contributed by atoms with van der Waals surface area (Å²) >= 11 is 1.09. The number of rotatable bonds is 15. The maximum absolute atomic E-state index is 12.8. The van der Waals surface area contributed by atoms with Crippen LogP contribution in [-0.4, -0.2) is 16.8 Å². The van der Waals surface area contributed by atoms with E-state index in [0.29, 0.717) is 0 Å². The smallest absolute Gasteiger partial charge is 0.339 e. The number of benzene rings is 2. The Kier molecular flexibility index (Phi) is 10.4. The number of hydrogen-bond donors (Lipinski definition) is 0. The van der Waals surface area contributed by atoms with Crippen molar-refractivity contribution in [3.05, 3.63) is 70.4 Å². The third-order valence-corrected chi connectivity index (χ3v) is 8.97. The van der Waals surface area contributed by atoms with Gasteiger partial charge in [0.15, 0.2) is 11.5 Å². The topological polar surface area (TPSA) is 86.7 Å². The van der Waals surface area contributed by atoms with Crippen LogP contribution in [0.15, 0.2) is 69.1 Å². The Hall–Kier alpha value is -2.36. The molecule has 0 amide bonds. The number of aryl methyl sites for hydroxylation is 2. The Balaban J connectivity index is 1.63. The molecule has 0 saturated carbocycles. The molecule has 3 rings (SSSR count). The Labute approximate surface area is 219 Å². The SMILES string of the molecule is CCCCCCCCc1ccc(S(=O)(=O)Oc2cscc2OS(=O)(=O)c2ccc(CCC)cc2)cc1. The van der Waals surface area contributed by atoms with Gasteiger partial charge in [-0.25, -0.2) is 0 Å². The average molecular weight is 551 g/mol.